The van der Waals surface area contributed by atoms with Crippen LogP contribution in [0.5, 0.6) is 0 Å². The van der Waals surface area contributed by atoms with Crippen molar-refractivity contribution in [1.29, 1.82) is 0 Å². The van der Waals surface area contributed by atoms with Crippen LogP contribution in [-0.2, 0) is 13.1 Å². The molecule has 1 fully saturated rings. The molecule has 0 saturated carbocycles. The average Bonchev–Trinajstić information content (AvgIpc) is 2.77. The molecule has 1 aliphatic heterocycles. The fourth-order valence-electron chi connectivity index (χ4n) is 2.52. The molecule has 0 aromatic carbocycles. The maximum Gasteiger partial charge on any atom is 0.0950 e. The lowest BCUT2D eigenvalue weighted by Crippen LogP contribution is -2.38. The number of nitrogens with one attached hydrogen (secondary N) is 1. The maximum absolute atomic E-state index is 4.46. The molecule has 18 heavy (non-hydrogen) atoms. The van der Waals surface area contributed by atoms with Gasteiger partial charge >= 0.3 is 0 Å². The van der Waals surface area contributed by atoms with Gasteiger partial charge in [0.1, 0.15) is 0 Å². The standard InChI is InChI=1S/C14H26N4/c1-12(2)15-8-13-9-18(11-16-13)10-14-6-4-5-7-17(14)3/h9,11-12,14-15H,4-8,10H2,1-3H3. The summed E-state index contributed by atoms with van der Waals surface area (Å²) >= 11 is 0. The molecular weight excluding hydrogens is 224 g/mol. The Hall–Kier alpha value is -0.870. The molecule has 1 N–H and O–H groups in total. The zero-order valence-electron chi connectivity index (χ0n) is 11.9. The van der Waals surface area contributed by atoms with Crippen molar-refractivity contribution in [2.75, 3.05) is 13.6 Å². The van der Waals surface area contributed by atoms with E-state index >= 15 is 0 Å². The highest BCUT2D eigenvalue weighted by molar-refractivity contribution is 4.97. The number of nitrogens with zero attached hydrogens (tertiary/aromatic N) is 3. The fourth-order valence-corrected chi connectivity index (χ4v) is 2.52. The second kappa shape index (κ2) is 6.34. The van der Waals surface area contributed by atoms with E-state index in [1.807, 2.05) is 6.33 Å². The molecule has 1 aromatic heterocycles. The minimum absolute atomic E-state index is 0.514. The molecule has 1 unspecified atom stereocenters. The van der Waals surface area contributed by atoms with Crippen molar-refractivity contribution in [1.82, 2.24) is 19.8 Å². The number of hydrogen-bond donors (Lipinski definition) is 1. The van der Waals surface area contributed by atoms with Crippen LogP contribution >= 0.6 is 0 Å². The normalized spacial score (nSPS) is 21.7. The van der Waals surface area contributed by atoms with Crippen molar-refractivity contribution >= 4 is 0 Å². The molecule has 4 nitrogen and oxygen atoms in total. The fraction of sp³-hybridized carbons (Fsp3) is 0.786. The molecular formula is C14H26N4. The van der Waals surface area contributed by atoms with E-state index in [0.29, 0.717) is 12.1 Å². The summed E-state index contributed by atoms with van der Waals surface area (Å²) in [5.74, 6) is 0. The molecule has 2 heterocycles. The van der Waals surface area contributed by atoms with Gasteiger partial charge in [0, 0.05) is 31.4 Å². The Labute approximate surface area is 110 Å². The second-order valence-electron chi connectivity index (χ2n) is 5.73. The van der Waals surface area contributed by atoms with Gasteiger partial charge in [-0.05, 0) is 26.4 Å². The van der Waals surface area contributed by atoms with E-state index in [4.69, 9.17) is 0 Å². The molecule has 1 atom stereocenters. The lowest BCUT2D eigenvalue weighted by Gasteiger charge is -2.32. The van der Waals surface area contributed by atoms with Gasteiger partial charge in [0.15, 0.2) is 0 Å². The van der Waals surface area contributed by atoms with E-state index in [2.05, 4.69) is 46.9 Å². The summed E-state index contributed by atoms with van der Waals surface area (Å²) in [5, 5.41) is 3.40. The molecule has 0 bridgehead atoms. The van der Waals surface area contributed by atoms with Crippen LogP contribution in [0.1, 0.15) is 38.8 Å². The molecule has 1 aromatic rings. The summed E-state index contributed by atoms with van der Waals surface area (Å²) in [5.41, 5.74) is 1.14. The predicted octanol–water partition coefficient (Wildman–Crippen LogP) is 1.87. The summed E-state index contributed by atoms with van der Waals surface area (Å²) in [4.78, 5) is 6.94. The lowest BCUT2D eigenvalue weighted by atomic mass is 10.0. The molecule has 1 saturated heterocycles. The van der Waals surface area contributed by atoms with Crippen LogP contribution in [0.25, 0.3) is 0 Å². The van der Waals surface area contributed by atoms with Crippen molar-refractivity contribution in [3.8, 4) is 0 Å². The van der Waals surface area contributed by atoms with Gasteiger partial charge in [0.25, 0.3) is 0 Å². The van der Waals surface area contributed by atoms with Gasteiger partial charge in [-0.15, -0.1) is 0 Å². The Morgan fingerprint density at radius 2 is 2.28 bits per heavy atom. The Morgan fingerprint density at radius 3 is 3.00 bits per heavy atom. The van der Waals surface area contributed by atoms with E-state index in [1.165, 1.54) is 25.8 Å². The molecule has 0 radical (unpaired) electrons. The van der Waals surface area contributed by atoms with Gasteiger partial charge in [-0.25, -0.2) is 4.98 Å². The zero-order chi connectivity index (χ0) is 13.0. The summed E-state index contributed by atoms with van der Waals surface area (Å²) < 4.78 is 2.24. The van der Waals surface area contributed by atoms with E-state index in [-0.39, 0.29) is 0 Å². The SMILES string of the molecule is CC(C)NCc1cn(CC2CCCCN2C)cn1. The third-order valence-electron chi connectivity index (χ3n) is 3.72. The van der Waals surface area contributed by atoms with Gasteiger partial charge in [-0.2, -0.15) is 0 Å². The van der Waals surface area contributed by atoms with Gasteiger partial charge in [-0.3, -0.25) is 0 Å². The number of rotatable bonds is 5. The van der Waals surface area contributed by atoms with Gasteiger partial charge in [0.05, 0.1) is 12.0 Å². The van der Waals surface area contributed by atoms with Crippen molar-refractivity contribution in [2.45, 2.75) is 58.3 Å². The third kappa shape index (κ3) is 3.82. The summed E-state index contributed by atoms with van der Waals surface area (Å²) in [6.07, 6.45) is 8.18. The van der Waals surface area contributed by atoms with Crippen molar-refractivity contribution in [2.24, 2.45) is 0 Å². The Kier molecular flexibility index (Phi) is 4.78. The van der Waals surface area contributed by atoms with Gasteiger partial charge in [0.2, 0.25) is 0 Å². The highest BCUT2D eigenvalue weighted by atomic mass is 15.2. The first-order valence-electron chi connectivity index (χ1n) is 7.09. The lowest BCUT2D eigenvalue weighted by molar-refractivity contribution is 0.167. The zero-order valence-corrected chi connectivity index (χ0v) is 11.9. The van der Waals surface area contributed by atoms with Crippen LogP contribution in [0, 0.1) is 0 Å². The number of likely N-dealkylation sites (N-methyl/N-ethyl adjacent to an activating group) is 1. The summed E-state index contributed by atoms with van der Waals surface area (Å²) in [6, 6.07) is 1.19. The Morgan fingerprint density at radius 1 is 1.44 bits per heavy atom. The van der Waals surface area contributed by atoms with E-state index in [0.717, 1.165) is 18.8 Å². The van der Waals surface area contributed by atoms with Crippen molar-refractivity contribution in [3.63, 3.8) is 0 Å². The van der Waals surface area contributed by atoms with Crippen LogP contribution in [0.4, 0.5) is 0 Å². The Balaban J connectivity index is 1.85. The van der Waals surface area contributed by atoms with Crippen LogP contribution < -0.4 is 5.32 Å². The molecule has 0 amide bonds. The second-order valence-corrected chi connectivity index (χ2v) is 5.73. The number of aromatic nitrogens is 2. The molecule has 102 valence electrons. The maximum atomic E-state index is 4.46. The Bertz CT molecular complexity index is 358. The quantitative estimate of drug-likeness (QED) is 0.866. The van der Waals surface area contributed by atoms with Gasteiger partial charge in [-0.1, -0.05) is 20.3 Å². The molecule has 0 spiro atoms. The molecule has 2 rings (SSSR count). The minimum atomic E-state index is 0.514. The summed E-state index contributed by atoms with van der Waals surface area (Å²) in [6.45, 7) is 7.50. The third-order valence-corrected chi connectivity index (χ3v) is 3.72. The summed E-state index contributed by atoms with van der Waals surface area (Å²) in [7, 11) is 2.24. The number of likely N-dealkylation sites (tertiary alicyclic amines) is 1. The highest BCUT2D eigenvalue weighted by Crippen LogP contribution is 2.16. The predicted molar refractivity (Wildman–Crippen MR) is 74.5 cm³/mol. The topological polar surface area (TPSA) is 33.1 Å². The average molecular weight is 250 g/mol. The van der Waals surface area contributed by atoms with Crippen molar-refractivity contribution in [3.05, 3.63) is 18.2 Å². The van der Waals surface area contributed by atoms with E-state index in [1.54, 1.807) is 0 Å². The van der Waals surface area contributed by atoms with Crippen molar-refractivity contribution < 1.29 is 0 Å². The van der Waals surface area contributed by atoms with Gasteiger partial charge < -0.3 is 14.8 Å². The number of imidazole rings is 1. The monoisotopic (exact) mass is 250 g/mol. The van der Waals surface area contributed by atoms with Crippen LogP contribution in [0.2, 0.25) is 0 Å². The van der Waals surface area contributed by atoms with Crippen LogP contribution in [0.15, 0.2) is 12.5 Å². The largest absolute Gasteiger partial charge is 0.336 e. The molecule has 0 aliphatic carbocycles. The van der Waals surface area contributed by atoms with E-state index in [9.17, 15) is 0 Å². The van der Waals surface area contributed by atoms with E-state index < -0.39 is 0 Å². The molecule has 4 heteroatoms. The van der Waals surface area contributed by atoms with Crippen LogP contribution in [-0.4, -0.2) is 40.1 Å². The first kappa shape index (κ1) is 13.6. The number of hydrogen-bond acceptors (Lipinski definition) is 3. The minimum Gasteiger partial charge on any atom is -0.336 e. The first-order valence-corrected chi connectivity index (χ1v) is 7.09. The molecule has 1 aliphatic rings. The highest BCUT2D eigenvalue weighted by Gasteiger charge is 2.19. The first-order chi connectivity index (χ1) is 8.65. The van der Waals surface area contributed by atoms with Crippen LogP contribution in [0.3, 0.4) is 0 Å². The smallest absolute Gasteiger partial charge is 0.0950 e. The number of piperidine rings is 1.